The van der Waals surface area contributed by atoms with Gasteiger partial charge in [-0.2, -0.15) is 0 Å². The van der Waals surface area contributed by atoms with E-state index in [-0.39, 0.29) is 12.1 Å². The largest absolute Gasteiger partial charge is 0.453 e. The van der Waals surface area contributed by atoms with Crippen LogP contribution in [-0.4, -0.2) is 49.2 Å². The summed E-state index contributed by atoms with van der Waals surface area (Å²) in [5.41, 5.74) is 5.84. The number of rotatable bonds is 2. The van der Waals surface area contributed by atoms with Crippen LogP contribution in [0.5, 0.6) is 0 Å². The third kappa shape index (κ3) is 3.60. The van der Waals surface area contributed by atoms with Crippen molar-refractivity contribution in [2.24, 2.45) is 10.7 Å². The molecule has 1 aliphatic rings. The van der Waals surface area contributed by atoms with Gasteiger partial charge in [0.15, 0.2) is 5.96 Å². The molecule has 0 radical (unpaired) electrons. The molecule has 1 fully saturated rings. The normalized spacial score (nSPS) is 21.4. The zero-order valence-electron chi connectivity index (χ0n) is 10.1. The molecule has 1 atom stereocenters. The predicted octanol–water partition coefficient (Wildman–Crippen LogP) is 0.140. The number of hydrogen-bond donors (Lipinski definition) is 2. The molecule has 0 bridgehead atoms. The van der Waals surface area contributed by atoms with Gasteiger partial charge in [0.25, 0.3) is 0 Å². The van der Waals surface area contributed by atoms with E-state index in [1.807, 2.05) is 18.7 Å². The number of nitrogens with two attached hydrogens (primary N) is 1. The lowest BCUT2D eigenvalue weighted by Crippen LogP contribution is -2.41. The average molecular weight is 228 g/mol. The van der Waals surface area contributed by atoms with Crippen LogP contribution in [-0.2, 0) is 4.74 Å². The van der Waals surface area contributed by atoms with Crippen molar-refractivity contribution in [3.8, 4) is 0 Å². The van der Waals surface area contributed by atoms with Crippen molar-refractivity contribution in [3.05, 3.63) is 0 Å². The van der Waals surface area contributed by atoms with Crippen LogP contribution in [0.25, 0.3) is 0 Å². The van der Waals surface area contributed by atoms with Gasteiger partial charge in [0, 0.05) is 19.1 Å². The Morgan fingerprint density at radius 3 is 2.88 bits per heavy atom. The van der Waals surface area contributed by atoms with E-state index in [2.05, 4.69) is 15.0 Å². The summed E-state index contributed by atoms with van der Waals surface area (Å²) in [6.45, 7) is 5.47. The van der Waals surface area contributed by atoms with E-state index in [0.29, 0.717) is 12.5 Å². The second-order valence-electron chi connectivity index (χ2n) is 4.15. The van der Waals surface area contributed by atoms with Gasteiger partial charge in [-0.05, 0) is 20.3 Å². The van der Waals surface area contributed by atoms with Gasteiger partial charge in [0.05, 0.1) is 13.2 Å². The number of likely N-dealkylation sites (tertiary alicyclic amines) is 1. The minimum absolute atomic E-state index is 0.0911. The Morgan fingerprint density at radius 1 is 1.62 bits per heavy atom. The van der Waals surface area contributed by atoms with Crippen LogP contribution >= 0.6 is 0 Å². The fraction of sp³-hybridized carbons (Fsp3) is 0.800. The molecule has 0 aromatic rings. The molecule has 6 nitrogen and oxygen atoms in total. The first-order valence-electron chi connectivity index (χ1n) is 5.45. The number of methoxy groups -OCH3 is 1. The number of alkyl carbamates (subject to hydrolysis) is 1. The van der Waals surface area contributed by atoms with E-state index in [4.69, 9.17) is 5.73 Å². The maximum absolute atomic E-state index is 11.0. The van der Waals surface area contributed by atoms with Crippen molar-refractivity contribution in [2.75, 3.05) is 20.2 Å². The van der Waals surface area contributed by atoms with Gasteiger partial charge < -0.3 is 20.7 Å². The third-order valence-corrected chi connectivity index (χ3v) is 2.41. The van der Waals surface area contributed by atoms with Gasteiger partial charge in [-0.15, -0.1) is 0 Å². The SMILES string of the molecule is COC(=O)NC1CCN(C(N)=NC(C)C)C1. The predicted molar refractivity (Wildman–Crippen MR) is 62.3 cm³/mol. The highest BCUT2D eigenvalue weighted by molar-refractivity contribution is 5.78. The number of amides is 1. The summed E-state index contributed by atoms with van der Waals surface area (Å²) in [4.78, 5) is 17.3. The zero-order chi connectivity index (χ0) is 12.1. The molecule has 0 aliphatic carbocycles. The minimum Gasteiger partial charge on any atom is -0.453 e. The van der Waals surface area contributed by atoms with E-state index in [1.54, 1.807) is 0 Å². The van der Waals surface area contributed by atoms with Crippen LogP contribution < -0.4 is 11.1 Å². The van der Waals surface area contributed by atoms with E-state index >= 15 is 0 Å². The summed E-state index contributed by atoms with van der Waals surface area (Å²) in [6, 6.07) is 0.279. The smallest absolute Gasteiger partial charge is 0.407 e. The van der Waals surface area contributed by atoms with Crippen molar-refractivity contribution in [2.45, 2.75) is 32.4 Å². The second kappa shape index (κ2) is 5.58. The van der Waals surface area contributed by atoms with Gasteiger partial charge >= 0.3 is 6.09 Å². The summed E-state index contributed by atoms with van der Waals surface area (Å²) in [7, 11) is 1.36. The quantitative estimate of drug-likeness (QED) is 0.520. The summed E-state index contributed by atoms with van der Waals surface area (Å²) >= 11 is 0. The molecule has 1 saturated heterocycles. The highest BCUT2D eigenvalue weighted by atomic mass is 16.5. The third-order valence-electron chi connectivity index (χ3n) is 2.41. The molecule has 0 spiro atoms. The first-order valence-corrected chi connectivity index (χ1v) is 5.45. The molecule has 3 N–H and O–H groups in total. The van der Waals surface area contributed by atoms with Gasteiger partial charge in [-0.3, -0.25) is 4.99 Å². The lowest BCUT2D eigenvalue weighted by atomic mass is 10.3. The molecule has 92 valence electrons. The first kappa shape index (κ1) is 12.6. The van der Waals surface area contributed by atoms with Crippen molar-refractivity contribution in [1.29, 1.82) is 0 Å². The standard InChI is InChI=1S/C10H20N4O2/c1-7(2)12-9(11)14-5-4-8(6-14)13-10(15)16-3/h7-8H,4-6H2,1-3H3,(H2,11,12)(H,13,15). The molecule has 1 rings (SSSR count). The van der Waals surface area contributed by atoms with E-state index < -0.39 is 6.09 Å². The second-order valence-corrected chi connectivity index (χ2v) is 4.15. The molecule has 1 unspecified atom stereocenters. The lowest BCUT2D eigenvalue weighted by Gasteiger charge is -2.18. The van der Waals surface area contributed by atoms with Crippen molar-refractivity contribution in [1.82, 2.24) is 10.2 Å². The number of guanidine groups is 1. The van der Waals surface area contributed by atoms with Gasteiger partial charge in [0.2, 0.25) is 0 Å². The van der Waals surface area contributed by atoms with Crippen LogP contribution in [0.1, 0.15) is 20.3 Å². The molecular formula is C10H20N4O2. The molecule has 0 saturated carbocycles. The molecule has 6 heteroatoms. The van der Waals surface area contributed by atoms with Crippen LogP contribution in [0.3, 0.4) is 0 Å². The van der Waals surface area contributed by atoms with Crippen molar-refractivity contribution >= 4 is 12.1 Å². The Bertz CT molecular complexity index is 278. The van der Waals surface area contributed by atoms with Crippen molar-refractivity contribution in [3.63, 3.8) is 0 Å². The number of nitrogens with zero attached hydrogens (tertiary/aromatic N) is 2. The van der Waals surface area contributed by atoms with Crippen LogP contribution in [0, 0.1) is 0 Å². The number of carbonyl (C=O) groups excluding carboxylic acids is 1. The molecule has 1 aliphatic heterocycles. The van der Waals surface area contributed by atoms with Crippen LogP contribution in [0.2, 0.25) is 0 Å². The summed E-state index contributed by atoms with van der Waals surface area (Å²) in [5, 5.41) is 2.75. The molecule has 0 aromatic heterocycles. The Morgan fingerprint density at radius 2 is 2.31 bits per heavy atom. The van der Waals surface area contributed by atoms with Crippen molar-refractivity contribution < 1.29 is 9.53 Å². The van der Waals surface area contributed by atoms with Crippen LogP contribution in [0.4, 0.5) is 4.79 Å². The average Bonchev–Trinajstić information content (AvgIpc) is 2.65. The zero-order valence-corrected chi connectivity index (χ0v) is 10.1. The minimum atomic E-state index is -0.397. The Hall–Kier alpha value is -1.46. The highest BCUT2D eigenvalue weighted by Crippen LogP contribution is 2.09. The molecule has 1 heterocycles. The number of ether oxygens (including phenoxy) is 1. The van der Waals surface area contributed by atoms with E-state index in [9.17, 15) is 4.79 Å². The molecular weight excluding hydrogens is 208 g/mol. The Kier molecular flexibility index (Phi) is 4.39. The maximum Gasteiger partial charge on any atom is 0.407 e. The van der Waals surface area contributed by atoms with E-state index in [0.717, 1.165) is 13.0 Å². The lowest BCUT2D eigenvalue weighted by molar-refractivity contribution is 0.167. The van der Waals surface area contributed by atoms with Crippen LogP contribution in [0.15, 0.2) is 4.99 Å². The molecule has 1 amide bonds. The molecule has 16 heavy (non-hydrogen) atoms. The first-order chi connectivity index (χ1) is 7.52. The molecule has 0 aromatic carbocycles. The summed E-state index contributed by atoms with van der Waals surface area (Å²) in [6.07, 6.45) is 0.467. The Balaban J connectivity index is 2.43. The summed E-state index contributed by atoms with van der Waals surface area (Å²) < 4.78 is 4.54. The Labute approximate surface area is 95.8 Å². The summed E-state index contributed by atoms with van der Waals surface area (Å²) in [5.74, 6) is 0.546. The number of nitrogens with one attached hydrogen (secondary N) is 1. The van der Waals surface area contributed by atoms with Gasteiger partial charge in [-0.25, -0.2) is 4.79 Å². The number of hydrogen-bond acceptors (Lipinski definition) is 3. The fourth-order valence-corrected chi connectivity index (χ4v) is 1.66. The highest BCUT2D eigenvalue weighted by Gasteiger charge is 2.25. The fourth-order valence-electron chi connectivity index (χ4n) is 1.66. The monoisotopic (exact) mass is 228 g/mol. The van der Waals surface area contributed by atoms with Gasteiger partial charge in [0.1, 0.15) is 0 Å². The topological polar surface area (TPSA) is 80.0 Å². The maximum atomic E-state index is 11.0. The van der Waals surface area contributed by atoms with E-state index in [1.165, 1.54) is 7.11 Å². The van der Waals surface area contributed by atoms with Gasteiger partial charge in [-0.1, -0.05) is 0 Å². The number of aliphatic imine (C=N–C) groups is 1. The number of carbonyl (C=O) groups is 1.